The average Bonchev–Trinajstić information content (AvgIpc) is 3.26. The molecular weight excluding hydrogens is 502 g/mol. The van der Waals surface area contributed by atoms with Gasteiger partial charge >= 0.3 is 0 Å². The molecule has 0 spiro atoms. The minimum Gasteiger partial charge on any atom is -0.494 e. The molecule has 1 aliphatic heterocycles. The molecule has 0 saturated carbocycles. The number of benzene rings is 4. The van der Waals surface area contributed by atoms with E-state index < -0.39 is 6.04 Å². The van der Waals surface area contributed by atoms with Crippen LogP contribution in [0.4, 0.5) is 5.69 Å². The van der Waals surface area contributed by atoms with Crippen LogP contribution in [-0.2, 0) is 6.61 Å². The van der Waals surface area contributed by atoms with E-state index >= 15 is 0 Å². The third-order valence-corrected chi connectivity index (χ3v) is 7.33. The lowest BCUT2D eigenvalue weighted by molar-refractivity contribution is 0.0971. The summed E-state index contributed by atoms with van der Waals surface area (Å²) in [6, 6.07) is 27.8. The lowest BCUT2D eigenvalue weighted by Gasteiger charge is -2.25. The molecule has 4 aromatic carbocycles. The summed E-state index contributed by atoms with van der Waals surface area (Å²) in [5.74, 6) is 1.05. The number of anilines is 1. The molecule has 6 nitrogen and oxygen atoms in total. The van der Waals surface area contributed by atoms with Crippen molar-refractivity contribution in [3.05, 3.63) is 135 Å². The van der Waals surface area contributed by atoms with Gasteiger partial charge < -0.3 is 13.9 Å². The van der Waals surface area contributed by atoms with Gasteiger partial charge in [0.25, 0.3) is 5.91 Å². The van der Waals surface area contributed by atoms with E-state index in [1.54, 1.807) is 4.90 Å². The van der Waals surface area contributed by atoms with Crippen LogP contribution in [0.1, 0.15) is 51.3 Å². The van der Waals surface area contributed by atoms with Crippen LogP contribution in [0.25, 0.3) is 11.0 Å². The number of hydrogen-bond donors (Lipinski definition) is 0. The Morgan fingerprint density at radius 3 is 2.30 bits per heavy atom. The first-order chi connectivity index (χ1) is 19.4. The van der Waals surface area contributed by atoms with Gasteiger partial charge in [0, 0.05) is 5.69 Å². The van der Waals surface area contributed by atoms with Crippen molar-refractivity contribution in [2.45, 2.75) is 33.4 Å². The van der Waals surface area contributed by atoms with Crippen LogP contribution in [0.3, 0.4) is 0 Å². The number of aryl methyl sites for hydroxylation is 2. The van der Waals surface area contributed by atoms with Gasteiger partial charge in [-0.15, -0.1) is 0 Å². The van der Waals surface area contributed by atoms with Crippen LogP contribution >= 0.6 is 0 Å². The maximum absolute atomic E-state index is 14.0. The predicted octanol–water partition coefficient (Wildman–Crippen LogP) is 7.14. The van der Waals surface area contributed by atoms with Gasteiger partial charge in [0.1, 0.15) is 23.7 Å². The van der Waals surface area contributed by atoms with Gasteiger partial charge in [0.15, 0.2) is 5.43 Å². The highest BCUT2D eigenvalue weighted by Crippen LogP contribution is 2.42. The summed E-state index contributed by atoms with van der Waals surface area (Å²) < 4.78 is 17.9. The number of hydrogen-bond acceptors (Lipinski definition) is 5. The summed E-state index contributed by atoms with van der Waals surface area (Å²) in [6.45, 7) is 6.78. The van der Waals surface area contributed by atoms with Crippen molar-refractivity contribution in [1.82, 2.24) is 0 Å². The minimum absolute atomic E-state index is 0.0650. The summed E-state index contributed by atoms with van der Waals surface area (Å²) >= 11 is 0. The maximum atomic E-state index is 14.0. The Labute approximate surface area is 232 Å². The largest absolute Gasteiger partial charge is 0.494 e. The zero-order chi connectivity index (χ0) is 27.8. The Morgan fingerprint density at radius 2 is 1.55 bits per heavy atom. The maximum Gasteiger partial charge on any atom is 0.295 e. The van der Waals surface area contributed by atoms with Crippen molar-refractivity contribution >= 4 is 22.6 Å². The van der Waals surface area contributed by atoms with Crippen molar-refractivity contribution in [2.75, 3.05) is 11.5 Å². The minimum atomic E-state index is -0.692. The van der Waals surface area contributed by atoms with E-state index in [2.05, 4.69) is 0 Å². The molecule has 1 aliphatic rings. The summed E-state index contributed by atoms with van der Waals surface area (Å²) in [6.07, 6.45) is 0. The Morgan fingerprint density at radius 1 is 0.800 bits per heavy atom. The Bertz CT molecular complexity index is 1770. The fraction of sp³-hybridized carbons (Fsp3) is 0.176. The highest BCUT2D eigenvalue weighted by molar-refractivity contribution is 6.10. The van der Waals surface area contributed by atoms with Crippen molar-refractivity contribution in [1.29, 1.82) is 0 Å². The Hall–Kier alpha value is -4.84. The van der Waals surface area contributed by atoms with Gasteiger partial charge in [-0.05, 0) is 91.6 Å². The summed E-state index contributed by atoms with van der Waals surface area (Å²) in [4.78, 5) is 29.6. The third kappa shape index (κ3) is 4.51. The van der Waals surface area contributed by atoms with E-state index in [1.807, 2.05) is 112 Å². The van der Waals surface area contributed by atoms with Crippen LogP contribution in [0.5, 0.6) is 11.5 Å². The molecule has 0 fully saturated rings. The van der Waals surface area contributed by atoms with Crippen molar-refractivity contribution in [3.63, 3.8) is 0 Å². The average molecular weight is 532 g/mol. The van der Waals surface area contributed by atoms with E-state index in [9.17, 15) is 9.59 Å². The van der Waals surface area contributed by atoms with Crippen LogP contribution in [-0.4, -0.2) is 12.5 Å². The number of rotatable bonds is 7. The second kappa shape index (κ2) is 10.4. The highest BCUT2D eigenvalue weighted by Gasteiger charge is 2.43. The number of ether oxygens (including phenoxy) is 2. The van der Waals surface area contributed by atoms with E-state index in [-0.39, 0.29) is 17.1 Å². The molecule has 0 radical (unpaired) electrons. The molecule has 0 bridgehead atoms. The van der Waals surface area contributed by atoms with E-state index in [1.165, 1.54) is 0 Å². The Kier molecular flexibility index (Phi) is 6.60. The molecule has 0 aliphatic carbocycles. The van der Waals surface area contributed by atoms with Gasteiger partial charge in [-0.2, -0.15) is 0 Å². The monoisotopic (exact) mass is 531 g/mol. The second-order valence-electron chi connectivity index (χ2n) is 9.96. The van der Waals surface area contributed by atoms with E-state index in [0.29, 0.717) is 46.9 Å². The molecule has 1 unspecified atom stereocenters. The number of amides is 1. The predicted molar refractivity (Wildman–Crippen MR) is 155 cm³/mol. The van der Waals surface area contributed by atoms with Gasteiger partial charge in [-0.1, -0.05) is 42.5 Å². The first-order valence-corrected chi connectivity index (χ1v) is 13.4. The zero-order valence-corrected chi connectivity index (χ0v) is 22.6. The number of carbonyl (C=O) groups excluding carboxylic acids is 1. The molecule has 0 saturated heterocycles. The molecule has 6 rings (SSSR count). The highest BCUT2D eigenvalue weighted by atomic mass is 16.5. The van der Waals surface area contributed by atoms with Gasteiger partial charge in [0.05, 0.1) is 23.6 Å². The molecule has 6 heteroatoms. The molecule has 1 amide bonds. The molecule has 0 N–H and O–H groups in total. The van der Waals surface area contributed by atoms with Crippen LogP contribution < -0.4 is 19.8 Å². The zero-order valence-electron chi connectivity index (χ0n) is 22.6. The first-order valence-electron chi connectivity index (χ1n) is 13.4. The van der Waals surface area contributed by atoms with Gasteiger partial charge in [-0.25, -0.2) is 0 Å². The summed E-state index contributed by atoms with van der Waals surface area (Å²) in [5.41, 5.74) is 4.94. The fourth-order valence-electron chi connectivity index (χ4n) is 5.19. The lowest BCUT2D eigenvalue weighted by atomic mass is 9.97. The molecule has 1 atom stereocenters. The molecular formula is C34H29NO5. The van der Waals surface area contributed by atoms with Gasteiger partial charge in [-0.3, -0.25) is 14.5 Å². The first kappa shape index (κ1) is 25.4. The lowest BCUT2D eigenvalue weighted by Crippen LogP contribution is -2.29. The van der Waals surface area contributed by atoms with Crippen LogP contribution in [0, 0.1) is 13.8 Å². The van der Waals surface area contributed by atoms with Crippen molar-refractivity contribution in [2.24, 2.45) is 0 Å². The molecule has 2 heterocycles. The van der Waals surface area contributed by atoms with Gasteiger partial charge in [0.2, 0.25) is 5.76 Å². The van der Waals surface area contributed by atoms with Crippen molar-refractivity contribution in [3.8, 4) is 11.5 Å². The molecule has 40 heavy (non-hydrogen) atoms. The standard InChI is InChI=1S/C34H29NO5/c1-4-38-26-15-13-25(14-16-26)35-31(24-11-8-12-27(19-24)39-20-23-9-6-5-7-10-23)30-32(36)28-17-21(2)22(3)18-29(28)40-33(30)34(35)37/h5-19,31H,4,20H2,1-3H3. The van der Waals surface area contributed by atoms with Crippen LogP contribution in [0.2, 0.25) is 0 Å². The van der Waals surface area contributed by atoms with Crippen molar-refractivity contribution < 1.29 is 18.7 Å². The van der Waals surface area contributed by atoms with E-state index in [0.717, 1.165) is 22.3 Å². The van der Waals surface area contributed by atoms with E-state index in [4.69, 9.17) is 13.9 Å². The number of carbonyl (C=O) groups is 1. The molecule has 1 aromatic heterocycles. The van der Waals surface area contributed by atoms with Crippen LogP contribution in [0.15, 0.2) is 100 Å². The molecule has 200 valence electrons. The quantitative estimate of drug-likeness (QED) is 0.223. The SMILES string of the molecule is CCOc1ccc(N2C(=O)c3oc4cc(C)c(C)cc4c(=O)c3C2c2cccc(OCc3ccccc3)c2)cc1. The smallest absolute Gasteiger partial charge is 0.295 e. The fourth-order valence-corrected chi connectivity index (χ4v) is 5.19. The third-order valence-electron chi connectivity index (χ3n) is 7.33. The molecule has 5 aromatic rings. The Balaban J connectivity index is 1.49. The number of fused-ring (bicyclic) bond motifs is 2. The second-order valence-corrected chi connectivity index (χ2v) is 9.96. The topological polar surface area (TPSA) is 69.0 Å². The number of nitrogens with zero attached hydrogens (tertiary/aromatic N) is 1. The summed E-state index contributed by atoms with van der Waals surface area (Å²) in [7, 11) is 0. The normalized spacial score (nSPS) is 14.4. The summed E-state index contributed by atoms with van der Waals surface area (Å²) in [5, 5.41) is 0.463.